The zero-order valence-electron chi connectivity index (χ0n) is 13.2. The largest absolute Gasteiger partial charge is 0.465 e. The van der Waals surface area contributed by atoms with Crippen LogP contribution in [0.1, 0.15) is 43.7 Å². The number of Topliss-reactive ketones (excluding diaryl/α,β-unsaturated/α-hetero) is 1. The van der Waals surface area contributed by atoms with E-state index in [0.717, 1.165) is 0 Å². The molecule has 0 fully saturated rings. The number of ether oxygens (including phenoxy) is 2. The zero-order valence-corrected chi connectivity index (χ0v) is 13.2. The molecule has 7 heteroatoms. The summed E-state index contributed by atoms with van der Waals surface area (Å²) in [6.45, 7) is 3.17. The summed E-state index contributed by atoms with van der Waals surface area (Å²) < 4.78 is 10.9. The van der Waals surface area contributed by atoms with Crippen LogP contribution in [0.15, 0.2) is 24.4 Å². The zero-order chi connectivity index (χ0) is 17.1. The van der Waals surface area contributed by atoms with E-state index in [0.29, 0.717) is 16.9 Å². The van der Waals surface area contributed by atoms with E-state index < -0.39 is 11.9 Å². The third-order valence-corrected chi connectivity index (χ3v) is 3.39. The summed E-state index contributed by atoms with van der Waals surface area (Å²) in [5.41, 5.74) is 1.90. The second-order valence-electron chi connectivity index (χ2n) is 4.86. The fourth-order valence-electron chi connectivity index (χ4n) is 2.22. The molecule has 0 aliphatic rings. The molecule has 2 aromatic rings. The van der Waals surface area contributed by atoms with Crippen molar-refractivity contribution < 1.29 is 23.9 Å². The summed E-state index contributed by atoms with van der Waals surface area (Å²) in [6.07, 6.45) is 1.44. The van der Waals surface area contributed by atoms with E-state index in [4.69, 9.17) is 9.47 Å². The summed E-state index contributed by atoms with van der Waals surface area (Å²) >= 11 is 0. The number of methoxy groups -OCH3 is 2. The molecule has 0 radical (unpaired) electrons. The van der Waals surface area contributed by atoms with Gasteiger partial charge >= 0.3 is 11.9 Å². The summed E-state index contributed by atoms with van der Waals surface area (Å²) in [7, 11) is 2.50. The Balaban J connectivity index is 2.64. The molecule has 0 unspecified atom stereocenters. The number of aromatic nitrogens is 2. The van der Waals surface area contributed by atoms with Crippen molar-refractivity contribution in [3.8, 4) is 5.69 Å². The van der Waals surface area contributed by atoms with Crippen molar-refractivity contribution in [2.24, 2.45) is 0 Å². The summed E-state index contributed by atoms with van der Waals surface area (Å²) in [4.78, 5) is 35.2. The van der Waals surface area contributed by atoms with E-state index >= 15 is 0 Å². The summed E-state index contributed by atoms with van der Waals surface area (Å²) in [6, 6.07) is 4.44. The second kappa shape index (κ2) is 6.43. The minimum absolute atomic E-state index is 0.119. The monoisotopic (exact) mass is 316 g/mol. The van der Waals surface area contributed by atoms with Crippen molar-refractivity contribution in [2.45, 2.75) is 13.8 Å². The van der Waals surface area contributed by atoms with E-state index in [1.165, 1.54) is 50.2 Å². The average Bonchev–Trinajstić information content (AvgIpc) is 2.94. The van der Waals surface area contributed by atoms with Crippen molar-refractivity contribution >= 4 is 17.7 Å². The summed E-state index contributed by atoms with van der Waals surface area (Å²) in [5, 5.41) is 4.15. The topological polar surface area (TPSA) is 87.5 Å². The minimum atomic E-state index is -0.589. The molecule has 0 spiro atoms. The Bertz CT molecular complexity index is 758. The van der Waals surface area contributed by atoms with Crippen LogP contribution in [0.5, 0.6) is 0 Å². The van der Waals surface area contributed by atoms with E-state index in [1.54, 1.807) is 6.92 Å². The lowest BCUT2D eigenvalue weighted by molar-refractivity contribution is 0.0599. The molecule has 23 heavy (non-hydrogen) atoms. The maximum absolute atomic E-state index is 11.8. The number of esters is 2. The first-order valence-electron chi connectivity index (χ1n) is 6.76. The Hall–Kier alpha value is -2.96. The molecule has 120 valence electrons. The van der Waals surface area contributed by atoms with E-state index in [-0.39, 0.29) is 16.9 Å². The molecule has 0 amide bonds. The Morgan fingerprint density at radius 2 is 1.52 bits per heavy atom. The molecule has 0 N–H and O–H groups in total. The van der Waals surface area contributed by atoms with Crippen LogP contribution in [0.2, 0.25) is 0 Å². The van der Waals surface area contributed by atoms with Gasteiger partial charge in [-0.3, -0.25) is 4.79 Å². The first-order valence-corrected chi connectivity index (χ1v) is 6.76. The molecular formula is C16H16N2O5. The van der Waals surface area contributed by atoms with Crippen molar-refractivity contribution in [3.63, 3.8) is 0 Å². The second-order valence-corrected chi connectivity index (χ2v) is 4.86. The fourth-order valence-corrected chi connectivity index (χ4v) is 2.22. The van der Waals surface area contributed by atoms with Gasteiger partial charge in [0.1, 0.15) is 0 Å². The normalized spacial score (nSPS) is 10.3. The van der Waals surface area contributed by atoms with Crippen molar-refractivity contribution in [3.05, 3.63) is 46.8 Å². The third-order valence-electron chi connectivity index (χ3n) is 3.39. The molecule has 1 heterocycles. The minimum Gasteiger partial charge on any atom is -0.465 e. The molecule has 7 nitrogen and oxygen atoms in total. The van der Waals surface area contributed by atoms with Gasteiger partial charge in [-0.2, -0.15) is 5.10 Å². The predicted molar refractivity (Wildman–Crippen MR) is 81.0 cm³/mol. The van der Waals surface area contributed by atoms with Gasteiger partial charge in [-0.05, 0) is 32.0 Å². The summed E-state index contributed by atoms with van der Waals surface area (Å²) in [5.74, 6) is -1.30. The molecular weight excluding hydrogens is 300 g/mol. The molecule has 0 bridgehead atoms. The molecule has 0 saturated heterocycles. The lowest BCUT2D eigenvalue weighted by Gasteiger charge is -2.10. The Kier molecular flexibility index (Phi) is 4.59. The number of carbonyl (C=O) groups excluding carboxylic acids is 3. The Morgan fingerprint density at radius 3 is 1.91 bits per heavy atom. The lowest BCUT2D eigenvalue weighted by atomic mass is 10.1. The lowest BCUT2D eigenvalue weighted by Crippen LogP contribution is -2.10. The Morgan fingerprint density at radius 1 is 1.00 bits per heavy atom. The number of hydrogen-bond donors (Lipinski definition) is 0. The third kappa shape index (κ3) is 3.13. The van der Waals surface area contributed by atoms with Crippen LogP contribution in [0.4, 0.5) is 0 Å². The van der Waals surface area contributed by atoms with Crippen molar-refractivity contribution in [1.82, 2.24) is 9.78 Å². The molecule has 0 saturated carbocycles. The van der Waals surface area contributed by atoms with E-state index in [1.807, 2.05) is 0 Å². The van der Waals surface area contributed by atoms with Gasteiger partial charge in [-0.15, -0.1) is 0 Å². The highest BCUT2D eigenvalue weighted by Crippen LogP contribution is 2.19. The van der Waals surface area contributed by atoms with Gasteiger partial charge in [-0.1, -0.05) is 0 Å². The first kappa shape index (κ1) is 16.4. The number of rotatable bonds is 4. The number of carbonyl (C=O) groups is 3. The first-order chi connectivity index (χ1) is 10.9. The van der Waals surface area contributed by atoms with Crippen molar-refractivity contribution in [2.75, 3.05) is 14.2 Å². The van der Waals surface area contributed by atoms with Gasteiger partial charge in [0.15, 0.2) is 5.78 Å². The van der Waals surface area contributed by atoms with Gasteiger partial charge < -0.3 is 9.47 Å². The quantitative estimate of drug-likeness (QED) is 0.633. The predicted octanol–water partition coefficient (Wildman–Crippen LogP) is 1.96. The number of hydrogen-bond acceptors (Lipinski definition) is 6. The molecule has 2 rings (SSSR count). The van der Waals surface area contributed by atoms with Gasteiger partial charge in [0.2, 0.25) is 0 Å². The smallest absolute Gasteiger partial charge is 0.337 e. The molecule has 0 atom stereocenters. The number of benzene rings is 1. The highest BCUT2D eigenvalue weighted by atomic mass is 16.5. The molecule has 1 aromatic carbocycles. The van der Waals surface area contributed by atoms with Gasteiger partial charge in [0.05, 0.1) is 48.5 Å². The van der Waals surface area contributed by atoms with Crippen LogP contribution in [0, 0.1) is 6.92 Å². The van der Waals surface area contributed by atoms with E-state index in [9.17, 15) is 14.4 Å². The van der Waals surface area contributed by atoms with Gasteiger partial charge in [0, 0.05) is 0 Å². The fraction of sp³-hybridized carbons (Fsp3) is 0.250. The maximum Gasteiger partial charge on any atom is 0.337 e. The highest BCUT2D eigenvalue weighted by Gasteiger charge is 2.17. The molecule has 1 aromatic heterocycles. The maximum atomic E-state index is 11.8. The van der Waals surface area contributed by atoms with Crippen LogP contribution in [-0.2, 0) is 9.47 Å². The van der Waals surface area contributed by atoms with Crippen LogP contribution in [0.25, 0.3) is 5.69 Å². The van der Waals surface area contributed by atoms with Gasteiger partial charge in [0.25, 0.3) is 0 Å². The number of ketones is 1. The van der Waals surface area contributed by atoms with Crippen LogP contribution in [-0.4, -0.2) is 41.7 Å². The van der Waals surface area contributed by atoms with Crippen molar-refractivity contribution in [1.29, 1.82) is 0 Å². The van der Waals surface area contributed by atoms with Crippen LogP contribution in [0.3, 0.4) is 0 Å². The standard InChI is InChI=1S/C16H16N2O5/c1-9-14(10(2)19)8-17-18(9)13-6-11(15(20)22-3)5-12(7-13)16(21)23-4/h5-8H,1-4H3. The highest BCUT2D eigenvalue weighted by molar-refractivity contribution is 5.97. The van der Waals surface area contributed by atoms with E-state index in [2.05, 4.69) is 5.10 Å². The SMILES string of the molecule is COC(=O)c1cc(C(=O)OC)cc(-n2ncc(C(C)=O)c2C)c1. The van der Waals surface area contributed by atoms with Crippen LogP contribution >= 0.6 is 0 Å². The molecule has 0 aliphatic heterocycles. The van der Waals surface area contributed by atoms with Gasteiger partial charge in [-0.25, -0.2) is 14.3 Å². The van der Waals surface area contributed by atoms with Crippen LogP contribution < -0.4 is 0 Å². The molecule has 0 aliphatic carbocycles. The Labute approximate surface area is 132 Å². The average molecular weight is 316 g/mol. The number of nitrogens with zero attached hydrogens (tertiary/aromatic N) is 2.